The molecule has 0 spiro atoms. The first kappa shape index (κ1) is 15.1. The SMILES string of the molecule is COc1cc2c(cc1OC)C(O)C(C)(C)NC2.Cl. The minimum absolute atomic E-state index is 0. The Balaban J connectivity index is 0.00000162. The van der Waals surface area contributed by atoms with Gasteiger partial charge in [0.25, 0.3) is 0 Å². The molecule has 4 nitrogen and oxygen atoms in total. The average Bonchev–Trinajstić information content (AvgIpc) is 2.33. The Morgan fingerprint density at radius 3 is 2.33 bits per heavy atom. The lowest BCUT2D eigenvalue weighted by Crippen LogP contribution is -2.48. The number of hydrogen-bond donors (Lipinski definition) is 2. The lowest BCUT2D eigenvalue weighted by Gasteiger charge is -2.38. The third-order valence-corrected chi connectivity index (χ3v) is 3.36. The van der Waals surface area contributed by atoms with Gasteiger partial charge in [-0.15, -0.1) is 12.4 Å². The molecule has 5 heteroatoms. The summed E-state index contributed by atoms with van der Waals surface area (Å²) in [6.07, 6.45) is -0.550. The van der Waals surface area contributed by atoms with Crippen molar-refractivity contribution in [1.29, 1.82) is 0 Å². The monoisotopic (exact) mass is 273 g/mol. The van der Waals surface area contributed by atoms with Crippen LogP contribution in [0.2, 0.25) is 0 Å². The molecule has 2 N–H and O–H groups in total. The predicted molar refractivity (Wildman–Crippen MR) is 72.7 cm³/mol. The van der Waals surface area contributed by atoms with E-state index in [1.54, 1.807) is 14.2 Å². The molecule has 1 aromatic rings. The lowest BCUT2D eigenvalue weighted by atomic mass is 9.84. The molecule has 0 aliphatic carbocycles. The maximum atomic E-state index is 10.3. The summed E-state index contributed by atoms with van der Waals surface area (Å²) in [5.41, 5.74) is 1.63. The maximum Gasteiger partial charge on any atom is 0.161 e. The molecule has 1 aliphatic rings. The van der Waals surface area contributed by atoms with Crippen molar-refractivity contribution in [2.24, 2.45) is 0 Å². The number of methoxy groups -OCH3 is 2. The van der Waals surface area contributed by atoms with Crippen LogP contribution >= 0.6 is 12.4 Å². The standard InChI is InChI=1S/C13H19NO3.ClH/c1-13(2)12(15)9-6-11(17-4)10(16-3)5-8(9)7-14-13;/h5-6,12,14-15H,7H2,1-4H3;1H. The zero-order chi connectivity index (χ0) is 12.6. The van der Waals surface area contributed by atoms with E-state index in [0.29, 0.717) is 11.5 Å². The first-order valence-electron chi connectivity index (χ1n) is 5.67. The molecule has 0 saturated heterocycles. The van der Waals surface area contributed by atoms with Gasteiger partial charge in [0.05, 0.1) is 20.3 Å². The maximum absolute atomic E-state index is 10.3. The highest BCUT2D eigenvalue weighted by atomic mass is 35.5. The molecule has 18 heavy (non-hydrogen) atoms. The van der Waals surface area contributed by atoms with Crippen LogP contribution in [0.4, 0.5) is 0 Å². The second-order valence-corrected chi connectivity index (χ2v) is 4.88. The van der Waals surface area contributed by atoms with Crippen LogP contribution in [0.5, 0.6) is 11.5 Å². The number of ether oxygens (including phenoxy) is 2. The zero-order valence-corrected chi connectivity index (χ0v) is 11.9. The number of halogens is 1. The Morgan fingerprint density at radius 1 is 1.22 bits per heavy atom. The van der Waals surface area contributed by atoms with Crippen LogP contribution in [0.1, 0.15) is 31.1 Å². The topological polar surface area (TPSA) is 50.7 Å². The first-order valence-corrected chi connectivity index (χ1v) is 5.67. The van der Waals surface area contributed by atoms with Crippen LogP contribution in [0.3, 0.4) is 0 Å². The van der Waals surface area contributed by atoms with Crippen molar-refractivity contribution in [2.75, 3.05) is 14.2 Å². The van der Waals surface area contributed by atoms with Crippen molar-refractivity contribution in [3.63, 3.8) is 0 Å². The molecule has 1 aliphatic heterocycles. The number of aliphatic hydroxyl groups excluding tert-OH is 1. The summed E-state index contributed by atoms with van der Waals surface area (Å²) in [6.45, 7) is 4.69. The van der Waals surface area contributed by atoms with E-state index in [1.807, 2.05) is 26.0 Å². The summed E-state index contributed by atoms with van der Waals surface area (Å²) in [5, 5.41) is 13.6. The highest BCUT2D eigenvalue weighted by Crippen LogP contribution is 2.39. The highest BCUT2D eigenvalue weighted by molar-refractivity contribution is 5.85. The van der Waals surface area contributed by atoms with E-state index in [9.17, 15) is 5.11 Å². The highest BCUT2D eigenvalue weighted by Gasteiger charge is 2.35. The number of hydrogen-bond acceptors (Lipinski definition) is 4. The molecule has 0 bridgehead atoms. The van der Waals surface area contributed by atoms with E-state index in [4.69, 9.17) is 9.47 Å². The number of aliphatic hydroxyl groups is 1. The Bertz CT molecular complexity index is 434. The van der Waals surface area contributed by atoms with Gasteiger partial charge < -0.3 is 19.9 Å². The summed E-state index contributed by atoms with van der Waals surface area (Å²) in [5.74, 6) is 1.35. The van der Waals surface area contributed by atoms with E-state index in [2.05, 4.69) is 5.32 Å². The van der Waals surface area contributed by atoms with Gasteiger partial charge in [0, 0.05) is 12.1 Å². The second kappa shape index (κ2) is 5.34. The Hall–Kier alpha value is -0.970. The van der Waals surface area contributed by atoms with E-state index in [-0.39, 0.29) is 17.9 Å². The third kappa shape index (κ3) is 2.41. The molecule has 0 amide bonds. The molecule has 2 rings (SSSR count). The van der Waals surface area contributed by atoms with Crippen molar-refractivity contribution in [3.8, 4) is 11.5 Å². The van der Waals surface area contributed by atoms with E-state index in [0.717, 1.165) is 17.7 Å². The largest absolute Gasteiger partial charge is 0.493 e. The predicted octanol–water partition coefficient (Wildman–Crippen LogP) is 2.04. The van der Waals surface area contributed by atoms with Gasteiger partial charge in [0.2, 0.25) is 0 Å². The van der Waals surface area contributed by atoms with Crippen molar-refractivity contribution in [2.45, 2.75) is 32.0 Å². The fraction of sp³-hybridized carbons (Fsp3) is 0.538. The molecule has 1 unspecified atom stereocenters. The van der Waals surface area contributed by atoms with Gasteiger partial charge >= 0.3 is 0 Å². The van der Waals surface area contributed by atoms with Gasteiger partial charge in [-0.3, -0.25) is 0 Å². The van der Waals surface area contributed by atoms with Crippen molar-refractivity contribution in [3.05, 3.63) is 23.3 Å². The van der Waals surface area contributed by atoms with Crippen molar-refractivity contribution >= 4 is 12.4 Å². The normalized spacial score (nSPS) is 20.6. The van der Waals surface area contributed by atoms with Gasteiger partial charge in [0.15, 0.2) is 11.5 Å². The summed E-state index contributed by atoms with van der Waals surface area (Å²) in [4.78, 5) is 0. The average molecular weight is 274 g/mol. The van der Waals surface area contributed by atoms with Gasteiger partial charge in [-0.25, -0.2) is 0 Å². The van der Waals surface area contributed by atoms with Gasteiger partial charge in [-0.05, 0) is 37.1 Å². The molecule has 0 saturated carbocycles. The molecule has 102 valence electrons. The number of nitrogens with one attached hydrogen (secondary N) is 1. The smallest absolute Gasteiger partial charge is 0.161 e. The van der Waals surface area contributed by atoms with E-state index >= 15 is 0 Å². The van der Waals surface area contributed by atoms with Crippen LogP contribution in [0.25, 0.3) is 0 Å². The summed E-state index contributed by atoms with van der Waals surface area (Å²) < 4.78 is 10.5. The summed E-state index contributed by atoms with van der Waals surface area (Å²) in [7, 11) is 3.21. The minimum atomic E-state index is -0.550. The van der Waals surface area contributed by atoms with Crippen LogP contribution in [-0.4, -0.2) is 24.9 Å². The third-order valence-electron chi connectivity index (χ3n) is 3.36. The van der Waals surface area contributed by atoms with Crippen LogP contribution in [0, 0.1) is 0 Å². The molecular formula is C13H20ClNO3. The van der Waals surface area contributed by atoms with Gasteiger partial charge in [-0.2, -0.15) is 0 Å². The van der Waals surface area contributed by atoms with Gasteiger partial charge in [0.1, 0.15) is 0 Å². The molecular weight excluding hydrogens is 254 g/mol. The quantitative estimate of drug-likeness (QED) is 0.866. The van der Waals surface area contributed by atoms with Crippen LogP contribution < -0.4 is 14.8 Å². The van der Waals surface area contributed by atoms with Gasteiger partial charge in [-0.1, -0.05) is 0 Å². The molecule has 1 heterocycles. The zero-order valence-electron chi connectivity index (χ0n) is 11.1. The minimum Gasteiger partial charge on any atom is -0.493 e. The van der Waals surface area contributed by atoms with Crippen LogP contribution in [-0.2, 0) is 6.54 Å². The molecule has 0 radical (unpaired) electrons. The van der Waals surface area contributed by atoms with Crippen molar-refractivity contribution in [1.82, 2.24) is 5.32 Å². The molecule has 1 aromatic carbocycles. The van der Waals surface area contributed by atoms with E-state index in [1.165, 1.54) is 0 Å². The Morgan fingerprint density at radius 2 is 1.78 bits per heavy atom. The summed E-state index contributed by atoms with van der Waals surface area (Å²) >= 11 is 0. The lowest BCUT2D eigenvalue weighted by molar-refractivity contribution is 0.0681. The summed E-state index contributed by atoms with van der Waals surface area (Å²) in [6, 6.07) is 3.78. The molecule has 1 atom stereocenters. The van der Waals surface area contributed by atoms with Crippen LogP contribution in [0.15, 0.2) is 12.1 Å². The number of fused-ring (bicyclic) bond motifs is 1. The number of benzene rings is 1. The fourth-order valence-electron chi connectivity index (χ4n) is 2.15. The van der Waals surface area contributed by atoms with Crippen molar-refractivity contribution < 1.29 is 14.6 Å². The number of rotatable bonds is 2. The Labute approximate surface area is 114 Å². The molecule has 0 aromatic heterocycles. The first-order chi connectivity index (χ1) is 7.99. The van der Waals surface area contributed by atoms with E-state index < -0.39 is 6.10 Å². The molecule has 0 fully saturated rings. The second-order valence-electron chi connectivity index (χ2n) is 4.88. The Kier molecular flexibility index (Phi) is 4.48. The fourth-order valence-corrected chi connectivity index (χ4v) is 2.15.